The Kier molecular flexibility index (Phi) is 7.48. The van der Waals surface area contributed by atoms with E-state index in [4.69, 9.17) is 33.9 Å². The molecule has 2 atom stereocenters. The van der Waals surface area contributed by atoms with Crippen molar-refractivity contribution in [3.8, 4) is 0 Å². The number of halogens is 2. The highest BCUT2D eigenvalue weighted by Crippen LogP contribution is 2.55. The van der Waals surface area contributed by atoms with Gasteiger partial charge in [0.25, 0.3) is 0 Å². The number of nitrogens with one attached hydrogen (secondary N) is 1. The summed E-state index contributed by atoms with van der Waals surface area (Å²) in [7, 11) is 0. The van der Waals surface area contributed by atoms with Gasteiger partial charge in [0, 0.05) is 46.9 Å². The van der Waals surface area contributed by atoms with Crippen LogP contribution in [-0.2, 0) is 17.8 Å². The van der Waals surface area contributed by atoms with Gasteiger partial charge in [-0.1, -0.05) is 35.0 Å². The minimum absolute atomic E-state index is 0.0414. The predicted octanol–water partition coefficient (Wildman–Crippen LogP) is 6.18. The van der Waals surface area contributed by atoms with E-state index in [1.807, 2.05) is 26.8 Å². The highest BCUT2D eigenvalue weighted by Gasteiger charge is 2.52. The average molecular weight is 625 g/mol. The molecule has 1 aliphatic heterocycles. The largest absolute Gasteiger partial charge is 0.598 e. The Bertz CT molecular complexity index is 1390. The summed E-state index contributed by atoms with van der Waals surface area (Å²) >= 11 is 14.6. The van der Waals surface area contributed by atoms with Gasteiger partial charge in [0.05, 0.1) is 33.5 Å². The van der Waals surface area contributed by atoms with Crippen molar-refractivity contribution in [1.82, 2.24) is 24.7 Å². The summed E-state index contributed by atoms with van der Waals surface area (Å²) < 4.78 is 16.8. The van der Waals surface area contributed by atoms with E-state index in [2.05, 4.69) is 24.6 Å². The number of pyridine rings is 1. The number of fused-ring (bicyclic) bond motifs is 1. The van der Waals surface area contributed by atoms with Crippen LogP contribution in [0.5, 0.6) is 0 Å². The van der Waals surface area contributed by atoms with Crippen molar-refractivity contribution in [2.45, 2.75) is 79.5 Å². The molecule has 4 heterocycles. The normalized spacial score (nSPS) is 21.4. The highest BCUT2D eigenvalue weighted by molar-refractivity contribution is 7.99. The lowest BCUT2D eigenvalue weighted by atomic mass is 9.74. The van der Waals surface area contributed by atoms with E-state index in [1.54, 1.807) is 12.4 Å². The monoisotopic (exact) mass is 623 g/mol. The van der Waals surface area contributed by atoms with Gasteiger partial charge in [-0.15, -0.1) is 16.1 Å². The SMILES string of the molecule is CC(C)(C)[S+]([O-])N[C@@H]1c2sc(Cl)nc2CC12CCN(c1cnc(Sc3ccnc(C4CC4)c3Cl)c(N)n1)CC2. The van der Waals surface area contributed by atoms with E-state index in [0.717, 1.165) is 72.2 Å². The first kappa shape index (κ1) is 27.8. The standard InChI is InChI=1S/C26H31Cl2N7OS3/c1-25(2,3)39(36)34-21-20-15(32-24(28)38-20)12-26(21)7-10-35(11-8-26)17-13-31-23(22(29)33-17)37-16-6-9-30-19(18(16)27)14-4-5-14/h6,9,13-14,21,34H,4-5,7-8,10-12H2,1-3H3,(H2,29,33)/t21-,39?/m1/s1. The van der Waals surface area contributed by atoms with Crippen LogP contribution < -0.4 is 15.4 Å². The lowest BCUT2D eigenvalue weighted by molar-refractivity contribution is 0.176. The van der Waals surface area contributed by atoms with Gasteiger partial charge in [-0.05, 0) is 58.9 Å². The van der Waals surface area contributed by atoms with Crippen LogP contribution in [-0.4, -0.2) is 42.3 Å². The molecule has 208 valence electrons. The summed E-state index contributed by atoms with van der Waals surface area (Å²) in [6.07, 6.45) is 8.51. The molecule has 0 amide bonds. The van der Waals surface area contributed by atoms with E-state index in [0.29, 0.717) is 26.3 Å². The zero-order valence-electron chi connectivity index (χ0n) is 22.0. The van der Waals surface area contributed by atoms with Crippen molar-refractivity contribution in [1.29, 1.82) is 0 Å². The molecule has 39 heavy (non-hydrogen) atoms. The van der Waals surface area contributed by atoms with E-state index < -0.39 is 11.4 Å². The molecule has 0 radical (unpaired) electrons. The minimum atomic E-state index is -1.21. The second-order valence-corrected chi connectivity index (χ2v) is 16.6. The molecule has 1 saturated heterocycles. The second kappa shape index (κ2) is 10.5. The summed E-state index contributed by atoms with van der Waals surface area (Å²) in [5, 5.41) is 1.33. The van der Waals surface area contributed by atoms with Crippen molar-refractivity contribution in [2.75, 3.05) is 23.7 Å². The van der Waals surface area contributed by atoms with Crippen LogP contribution in [0, 0.1) is 5.41 Å². The van der Waals surface area contributed by atoms with Gasteiger partial charge in [-0.25, -0.2) is 15.0 Å². The van der Waals surface area contributed by atoms with Crippen LogP contribution in [0.2, 0.25) is 9.49 Å². The maximum absolute atomic E-state index is 13.1. The third kappa shape index (κ3) is 5.48. The summed E-state index contributed by atoms with van der Waals surface area (Å²) in [4.78, 5) is 22.7. The van der Waals surface area contributed by atoms with Gasteiger partial charge in [0.15, 0.2) is 10.3 Å². The number of hydrogen-bond acceptors (Lipinski definition) is 10. The molecular formula is C26H31Cl2N7OS3. The van der Waals surface area contributed by atoms with Crippen LogP contribution in [0.25, 0.3) is 0 Å². The Morgan fingerprint density at radius 1 is 1.21 bits per heavy atom. The third-order valence-electron chi connectivity index (χ3n) is 7.76. The highest BCUT2D eigenvalue weighted by atomic mass is 35.5. The van der Waals surface area contributed by atoms with Crippen LogP contribution in [0.15, 0.2) is 28.4 Å². The molecule has 2 fully saturated rings. The summed E-state index contributed by atoms with van der Waals surface area (Å²) in [5.41, 5.74) is 8.31. The van der Waals surface area contributed by atoms with Crippen molar-refractivity contribution in [3.05, 3.63) is 44.2 Å². The first-order chi connectivity index (χ1) is 18.5. The maximum Gasteiger partial charge on any atom is 0.184 e. The van der Waals surface area contributed by atoms with Gasteiger partial charge in [0.2, 0.25) is 0 Å². The predicted molar refractivity (Wildman–Crippen MR) is 160 cm³/mol. The van der Waals surface area contributed by atoms with Crippen LogP contribution >= 0.6 is 46.3 Å². The molecule has 3 N–H and O–H groups in total. The number of aromatic nitrogens is 4. The first-order valence-corrected chi connectivity index (χ1v) is 16.6. The molecule has 1 saturated carbocycles. The third-order valence-corrected chi connectivity index (χ3v) is 12.2. The number of piperidine rings is 1. The van der Waals surface area contributed by atoms with Gasteiger partial charge >= 0.3 is 0 Å². The second-order valence-electron chi connectivity index (χ2n) is 11.5. The maximum atomic E-state index is 13.1. The molecule has 3 aromatic heterocycles. The Hall–Kier alpha value is -1.34. The topological polar surface area (TPSA) is 116 Å². The van der Waals surface area contributed by atoms with Crippen LogP contribution in [0.1, 0.15) is 74.7 Å². The number of thiazole rings is 1. The van der Waals surface area contributed by atoms with Gasteiger partial charge in [-0.2, -0.15) is 0 Å². The van der Waals surface area contributed by atoms with Crippen molar-refractivity contribution in [3.63, 3.8) is 0 Å². The van der Waals surface area contributed by atoms with Crippen molar-refractivity contribution < 1.29 is 4.55 Å². The van der Waals surface area contributed by atoms with Gasteiger partial charge in [0.1, 0.15) is 15.6 Å². The number of nitrogens with zero attached hydrogens (tertiary/aromatic N) is 5. The zero-order valence-corrected chi connectivity index (χ0v) is 26.0. The smallest absolute Gasteiger partial charge is 0.184 e. The van der Waals surface area contributed by atoms with Crippen molar-refractivity contribution in [2.24, 2.45) is 5.41 Å². The Morgan fingerprint density at radius 3 is 2.62 bits per heavy atom. The van der Waals surface area contributed by atoms with Crippen LogP contribution in [0.4, 0.5) is 11.6 Å². The Labute approximate surface area is 250 Å². The lowest BCUT2D eigenvalue weighted by Gasteiger charge is -2.43. The molecular weight excluding hydrogens is 593 g/mol. The van der Waals surface area contributed by atoms with Gasteiger partial charge < -0.3 is 15.2 Å². The molecule has 13 heteroatoms. The average Bonchev–Trinajstić information content (AvgIpc) is 3.62. The molecule has 1 spiro atoms. The number of anilines is 2. The molecule has 6 rings (SSSR count). The number of nitrogens with two attached hydrogens (primary N) is 1. The Morgan fingerprint density at radius 2 is 1.95 bits per heavy atom. The van der Waals surface area contributed by atoms with E-state index in [1.165, 1.54) is 23.1 Å². The molecule has 8 nitrogen and oxygen atoms in total. The molecule has 1 unspecified atom stereocenters. The number of rotatable bonds is 6. The van der Waals surface area contributed by atoms with E-state index in [9.17, 15) is 4.55 Å². The summed E-state index contributed by atoms with van der Waals surface area (Å²) in [6, 6.07) is 1.86. The molecule has 0 aromatic carbocycles. The summed E-state index contributed by atoms with van der Waals surface area (Å²) in [5.74, 6) is 1.62. The van der Waals surface area contributed by atoms with Crippen LogP contribution in [0.3, 0.4) is 0 Å². The quantitative estimate of drug-likeness (QED) is 0.310. The molecule has 0 bridgehead atoms. The van der Waals surface area contributed by atoms with Crippen molar-refractivity contribution >= 4 is 69.3 Å². The minimum Gasteiger partial charge on any atom is -0.598 e. The Balaban J connectivity index is 1.17. The molecule has 3 aromatic rings. The fraction of sp³-hybridized carbons (Fsp3) is 0.538. The van der Waals surface area contributed by atoms with E-state index >= 15 is 0 Å². The first-order valence-electron chi connectivity index (χ1n) is 13.1. The zero-order chi connectivity index (χ0) is 27.5. The number of hydrogen-bond donors (Lipinski definition) is 2. The molecule has 3 aliphatic rings. The fourth-order valence-corrected chi connectivity index (χ4v) is 8.92. The van der Waals surface area contributed by atoms with Gasteiger partial charge in [-0.3, -0.25) is 4.98 Å². The lowest BCUT2D eigenvalue weighted by Crippen LogP contribution is -2.49. The fourth-order valence-electron chi connectivity index (χ4n) is 5.39. The van der Waals surface area contributed by atoms with E-state index in [-0.39, 0.29) is 16.2 Å². The summed E-state index contributed by atoms with van der Waals surface area (Å²) in [6.45, 7) is 7.55. The molecule has 2 aliphatic carbocycles. The number of nitrogen functional groups attached to an aromatic ring is 1.